The SMILES string of the molecule is O=C(NCC1CC(S(=O)(=O)c2cccc(Cl)c2)C1)c1ccc(C(F)(F)F)cn1. The van der Waals surface area contributed by atoms with Crippen molar-refractivity contribution in [1.82, 2.24) is 10.3 Å². The first kappa shape index (κ1) is 20.6. The van der Waals surface area contributed by atoms with Gasteiger partial charge in [-0.2, -0.15) is 13.2 Å². The lowest BCUT2D eigenvalue weighted by Gasteiger charge is -2.34. The fourth-order valence-electron chi connectivity index (χ4n) is 2.95. The number of aromatic nitrogens is 1. The Bertz CT molecular complexity index is 972. The van der Waals surface area contributed by atoms with Crippen molar-refractivity contribution in [1.29, 1.82) is 0 Å². The van der Waals surface area contributed by atoms with Gasteiger partial charge in [-0.1, -0.05) is 17.7 Å². The maximum absolute atomic E-state index is 12.5. The molecule has 0 spiro atoms. The molecule has 28 heavy (non-hydrogen) atoms. The molecule has 10 heteroatoms. The Labute approximate surface area is 164 Å². The average Bonchev–Trinajstić information content (AvgIpc) is 2.59. The van der Waals surface area contributed by atoms with Crippen LogP contribution in [0.4, 0.5) is 13.2 Å². The topological polar surface area (TPSA) is 76.1 Å². The lowest BCUT2D eigenvalue weighted by atomic mass is 9.85. The molecule has 0 bridgehead atoms. The van der Waals surface area contributed by atoms with Gasteiger partial charge >= 0.3 is 6.18 Å². The van der Waals surface area contributed by atoms with E-state index in [2.05, 4.69) is 10.3 Å². The van der Waals surface area contributed by atoms with Gasteiger partial charge in [-0.25, -0.2) is 8.42 Å². The summed E-state index contributed by atoms with van der Waals surface area (Å²) in [6.07, 6.45) is -3.14. The molecule has 1 amide bonds. The van der Waals surface area contributed by atoms with Crippen LogP contribution >= 0.6 is 11.6 Å². The molecule has 0 aliphatic heterocycles. The van der Waals surface area contributed by atoms with Crippen LogP contribution in [-0.2, 0) is 16.0 Å². The van der Waals surface area contributed by atoms with Gasteiger partial charge in [0.25, 0.3) is 5.91 Å². The zero-order chi connectivity index (χ0) is 20.5. The number of amides is 1. The number of benzene rings is 1. The summed E-state index contributed by atoms with van der Waals surface area (Å²) in [6, 6.07) is 7.86. The first-order valence-corrected chi connectivity index (χ1v) is 10.3. The Morgan fingerprint density at radius 2 is 1.93 bits per heavy atom. The number of carbonyl (C=O) groups is 1. The number of pyridine rings is 1. The summed E-state index contributed by atoms with van der Waals surface area (Å²) in [7, 11) is -3.48. The number of hydrogen-bond donors (Lipinski definition) is 1. The van der Waals surface area contributed by atoms with Gasteiger partial charge in [0.2, 0.25) is 0 Å². The fourth-order valence-corrected chi connectivity index (χ4v) is 5.20. The molecule has 1 aliphatic rings. The maximum atomic E-state index is 12.5. The zero-order valence-corrected chi connectivity index (χ0v) is 16.0. The summed E-state index contributed by atoms with van der Waals surface area (Å²) in [5.41, 5.74) is -1.06. The molecule has 1 saturated carbocycles. The monoisotopic (exact) mass is 432 g/mol. The molecule has 1 fully saturated rings. The van der Waals surface area contributed by atoms with Gasteiger partial charge < -0.3 is 5.32 Å². The lowest BCUT2D eigenvalue weighted by Crippen LogP contribution is -2.42. The molecular weight excluding hydrogens is 417 g/mol. The van der Waals surface area contributed by atoms with Gasteiger partial charge in [0, 0.05) is 17.8 Å². The Hall–Kier alpha value is -2.13. The Morgan fingerprint density at radius 1 is 1.21 bits per heavy atom. The summed E-state index contributed by atoms with van der Waals surface area (Å²) >= 11 is 5.84. The normalized spacial score (nSPS) is 19.7. The van der Waals surface area contributed by atoms with Crippen molar-refractivity contribution in [2.24, 2.45) is 5.92 Å². The summed E-state index contributed by atoms with van der Waals surface area (Å²) in [5, 5.41) is 2.38. The van der Waals surface area contributed by atoms with Crippen LogP contribution in [0.1, 0.15) is 28.9 Å². The molecule has 150 valence electrons. The first-order chi connectivity index (χ1) is 13.1. The van der Waals surface area contributed by atoms with E-state index in [0.29, 0.717) is 24.1 Å². The number of alkyl halides is 3. The van der Waals surface area contributed by atoms with Gasteiger partial charge in [0.1, 0.15) is 5.69 Å². The third-order valence-corrected chi connectivity index (χ3v) is 7.04. The van der Waals surface area contributed by atoms with Crippen LogP contribution in [0.3, 0.4) is 0 Å². The molecule has 0 radical (unpaired) electrons. The van der Waals surface area contributed by atoms with E-state index in [-0.39, 0.29) is 23.1 Å². The molecule has 5 nitrogen and oxygen atoms in total. The third kappa shape index (κ3) is 4.47. The van der Waals surface area contributed by atoms with Crippen LogP contribution in [0.5, 0.6) is 0 Å². The Kier molecular flexibility index (Phi) is 5.67. The van der Waals surface area contributed by atoms with E-state index in [1.165, 1.54) is 12.1 Å². The van der Waals surface area contributed by atoms with Crippen molar-refractivity contribution < 1.29 is 26.4 Å². The average molecular weight is 433 g/mol. The largest absolute Gasteiger partial charge is 0.417 e. The van der Waals surface area contributed by atoms with E-state index in [4.69, 9.17) is 11.6 Å². The highest BCUT2D eigenvalue weighted by Gasteiger charge is 2.39. The van der Waals surface area contributed by atoms with Crippen molar-refractivity contribution in [3.05, 3.63) is 58.9 Å². The third-order valence-electron chi connectivity index (χ3n) is 4.63. The molecule has 3 rings (SSSR count). The lowest BCUT2D eigenvalue weighted by molar-refractivity contribution is -0.137. The number of nitrogens with zero attached hydrogens (tertiary/aromatic N) is 1. The quantitative estimate of drug-likeness (QED) is 0.781. The maximum Gasteiger partial charge on any atom is 0.417 e. The van der Waals surface area contributed by atoms with E-state index < -0.39 is 32.7 Å². The van der Waals surface area contributed by atoms with Crippen LogP contribution in [-0.4, -0.2) is 31.1 Å². The van der Waals surface area contributed by atoms with Crippen molar-refractivity contribution >= 4 is 27.3 Å². The second-order valence-corrected chi connectivity index (χ2v) is 9.27. The van der Waals surface area contributed by atoms with Gasteiger partial charge in [-0.15, -0.1) is 0 Å². The van der Waals surface area contributed by atoms with Crippen molar-refractivity contribution in [3.63, 3.8) is 0 Å². The minimum atomic E-state index is -4.52. The molecule has 0 atom stereocenters. The summed E-state index contributed by atoms with van der Waals surface area (Å²) < 4.78 is 62.6. The van der Waals surface area contributed by atoms with Crippen molar-refractivity contribution in [3.8, 4) is 0 Å². The Morgan fingerprint density at radius 3 is 2.50 bits per heavy atom. The summed E-state index contributed by atoms with van der Waals surface area (Å²) in [4.78, 5) is 15.7. The van der Waals surface area contributed by atoms with E-state index in [1.807, 2.05) is 0 Å². The highest BCUT2D eigenvalue weighted by atomic mass is 35.5. The van der Waals surface area contributed by atoms with Crippen LogP contribution < -0.4 is 5.32 Å². The van der Waals surface area contributed by atoms with Crippen LogP contribution in [0.25, 0.3) is 0 Å². The van der Waals surface area contributed by atoms with Gasteiger partial charge in [0.15, 0.2) is 9.84 Å². The van der Waals surface area contributed by atoms with E-state index in [1.54, 1.807) is 12.1 Å². The molecule has 1 aromatic carbocycles. The molecular formula is C18H16ClF3N2O3S. The van der Waals surface area contributed by atoms with E-state index in [9.17, 15) is 26.4 Å². The second-order valence-electron chi connectivity index (χ2n) is 6.60. The molecule has 1 N–H and O–H groups in total. The van der Waals surface area contributed by atoms with E-state index in [0.717, 1.165) is 12.1 Å². The number of hydrogen-bond acceptors (Lipinski definition) is 4. The zero-order valence-electron chi connectivity index (χ0n) is 14.4. The van der Waals surface area contributed by atoms with Gasteiger partial charge in [0.05, 0.1) is 15.7 Å². The van der Waals surface area contributed by atoms with E-state index >= 15 is 0 Å². The highest BCUT2D eigenvalue weighted by Crippen LogP contribution is 2.36. The van der Waals surface area contributed by atoms with Crippen molar-refractivity contribution in [2.45, 2.75) is 29.2 Å². The molecule has 0 saturated heterocycles. The summed E-state index contributed by atoms with van der Waals surface area (Å²) in [5.74, 6) is -0.632. The number of carbonyl (C=O) groups excluding carboxylic acids is 1. The van der Waals surface area contributed by atoms with Crippen molar-refractivity contribution in [2.75, 3.05) is 6.54 Å². The number of nitrogens with one attached hydrogen (secondary N) is 1. The van der Waals surface area contributed by atoms with Crippen LogP contribution in [0.2, 0.25) is 5.02 Å². The minimum Gasteiger partial charge on any atom is -0.350 e. The minimum absolute atomic E-state index is 0.0302. The molecule has 1 heterocycles. The van der Waals surface area contributed by atoms with Crippen LogP contribution in [0, 0.1) is 5.92 Å². The molecule has 1 aromatic heterocycles. The summed E-state index contributed by atoms with van der Waals surface area (Å²) in [6.45, 7) is 0.225. The Balaban J connectivity index is 1.52. The van der Waals surface area contributed by atoms with Gasteiger partial charge in [-0.3, -0.25) is 9.78 Å². The molecule has 2 aromatic rings. The second kappa shape index (κ2) is 7.71. The number of halogens is 4. The van der Waals surface area contributed by atoms with Gasteiger partial charge in [-0.05, 0) is 49.1 Å². The number of sulfone groups is 1. The smallest absolute Gasteiger partial charge is 0.350 e. The molecule has 0 unspecified atom stereocenters. The standard InChI is InChI=1S/C18H16ClF3N2O3S/c19-13-2-1-3-14(8-13)28(26,27)15-6-11(7-15)9-24-17(25)16-5-4-12(10-23-16)18(20,21)22/h1-5,8,10-11,15H,6-7,9H2,(H,24,25). The van der Waals surface area contributed by atoms with Crippen LogP contribution in [0.15, 0.2) is 47.5 Å². The highest BCUT2D eigenvalue weighted by molar-refractivity contribution is 7.92. The number of rotatable bonds is 5. The first-order valence-electron chi connectivity index (χ1n) is 8.38. The molecule has 1 aliphatic carbocycles. The predicted molar refractivity (Wildman–Crippen MR) is 96.7 cm³/mol. The predicted octanol–water partition coefficient (Wildman–Crippen LogP) is 3.74. The fraction of sp³-hybridized carbons (Fsp3) is 0.333.